The van der Waals surface area contributed by atoms with Gasteiger partial charge in [-0.05, 0) is 45.0 Å². The molecule has 1 N–H and O–H groups in total. The van der Waals surface area contributed by atoms with Crippen LogP contribution in [0, 0.1) is 0 Å². The molecule has 0 radical (unpaired) electrons. The summed E-state index contributed by atoms with van der Waals surface area (Å²) in [6, 6.07) is 7.30. The Morgan fingerprint density at radius 2 is 2.08 bits per heavy atom. The van der Waals surface area contributed by atoms with E-state index in [2.05, 4.69) is 5.32 Å². The molecule has 0 saturated heterocycles. The Kier molecular flexibility index (Phi) is 5.08. The smallest absolute Gasteiger partial charge is 0.261 e. The summed E-state index contributed by atoms with van der Waals surface area (Å²) in [5.74, 6) is 1.40. The third kappa shape index (κ3) is 3.85. The van der Waals surface area contributed by atoms with Gasteiger partial charge in [0.05, 0.1) is 16.4 Å². The number of benzene rings is 1. The number of thiophene rings is 1. The molecule has 5 nitrogen and oxygen atoms in total. The lowest BCUT2D eigenvalue weighted by molar-refractivity contribution is 0.0954. The molecular formula is C19H21NO4S. The van der Waals surface area contributed by atoms with E-state index in [1.54, 1.807) is 12.1 Å². The molecule has 132 valence electrons. The average Bonchev–Trinajstić information content (AvgIpc) is 3.18. The number of amides is 1. The normalized spacial score (nSPS) is 15.4. The number of hydrogen-bond acceptors (Lipinski definition) is 5. The van der Waals surface area contributed by atoms with E-state index >= 15 is 0 Å². The molecule has 0 saturated carbocycles. The van der Waals surface area contributed by atoms with Crippen molar-refractivity contribution in [3.8, 4) is 11.5 Å². The molecule has 25 heavy (non-hydrogen) atoms. The van der Waals surface area contributed by atoms with Gasteiger partial charge in [0.15, 0.2) is 5.78 Å². The summed E-state index contributed by atoms with van der Waals surface area (Å²) < 4.78 is 11.5. The molecule has 6 heteroatoms. The Morgan fingerprint density at radius 1 is 1.32 bits per heavy atom. The number of carbonyl (C=O) groups excluding carboxylic acids is 2. The minimum atomic E-state index is -0.199. The van der Waals surface area contributed by atoms with Crippen molar-refractivity contribution in [3.05, 3.63) is 45.1 Å². The minimum Gasteiger partial charge on any atom is -0.494 e. The summed E-state index contributed by atoms with van der Waals surface area (Å²) in [6.07, 6.45) is 1.02. The first kappa shape index (κ1) is 17.5. The number of fused-ring (bicyclic) bond motifs is 1. The number of ether oxygens (including phenoxy) is 2. The lowest BCUT2D eigenvalue weighted by Crippen LogP contribution is -2.22. The highest BCUT2D eigenvalue weighted by Crippen LogP contribution is 2.35. The van der Waals surface area contributed by atoms with Gasteiger partial charge in [-0.15, -0.1) is 11.3 Å². The van der Waals surface area contributed by atoms with Crippen molar-refractivity contribution in [2.75, 3.05) is 6.61 Å². The number of carbonyl (C=O) groups is 2. The molecule has 1 aliphatic heterocycles. The molecule has 1 aromatic heterocycles. The molecule has 1 aliphatic rings. The van der Waals surface area contributed by atoms with Crippen LogP contribution in [0.5, 0.6) is 11.5 Å². The predicted octanol–water partition coefficient (Wildman–Crippen LogP) is 3.60. The number of hydrogen-bond donors (Lipinski definition) is 1. The van der Waals surface area contributed by atoms with Gasteiger partial charge in [0, 0.05) is 24.1 Å². The fraction of sp³-hybridized carbons (Fsp3) is 0.368. The molecule has 2 aromatic rings. The second-order valence-corrected chi connectivity index (χ2v) is 7.12. The maximum absolute atomic E-state index is 12.3. The van der Waals surface area contributed by atoms with Crippen LogP contribution in [0.25, 0.3) is 0 Å². The standard InChI is InChI=1S/C19H21NO4S/c1-4-23-15-8-13-7-11(2)24-16(13)9-14(15)10-20-19(22)18-6-5-17(25-18)12(3)21/h5-6,8-9,11H,4,7,10H2,1-3H3,(H,20,22)/t11-/m1/s1. The summed E-state index contributed by atoms with van der Waals surface area (Å²) in [6.45, 7) is 6.36. The first-order chi connectivity index (χ1) is 12.0. The van der Waals surface area contributed by atoms with Crippen molar-refractivity contribution in [2.24, 2.45) is 0 Å². The van der Waals surface area contributed by atoms with Gasteiger partial charge >= 0.3 is 0 Å². The van der Waals surface area contributed by atoms with Crippen molar-refractivity contribution < 1.29 is 19.1 Å². The Morgan fingerprint density at radius 3 is 2.76 bits per heavy atom. The van der Waals surface area contributed by atoms with Crippen LogP contribution in [-0.4, -0.2) is 24.4 Å². The monoisotopic (exact) mass is 359 g/mol. The van der Waals surface area contributed by atoms with Crippen LogP contribution < -0.4 is 14.8 Å². The van der Waals surface area contributed by atoms with E-state index in [0.29, 0.717) is 22.9 Å². The Labute approximate surface area is 151 Å². The van der Waals surface area contributed by atoms with Gasteiger partial charge in [-0.25, -0.2) is 0 Å². The van der Waals surface area contributed by atoms with Crippen LogP contribution in [0.1, 0.15) is 51.2 Å². The van der Waals surface area contributed by atoms with Gasteiger partial charge < -0.3 is 14.8 Å². The van der Waals surface area contributed by atoms with Crippen molar-refractivity contribution in [1.82, 2.24) is 5.32 Å². The van der Waals surface area contributed by atoms with Gasteiger partial charge in [0.25, 0.3) is 5.91 Å². The molecule has 0 aliphatic carbocycles. The van der Waals surface area contributed by atoms with Crippen LogP contribution in [0.3, 0.4) is 0 Å². The highest BCUT2D eigenvalue weighted by Gasteiger charge is 2.22. The largest absolute Gasteiger partial charge is 0.494 e. The van der Waals surface area contributed by atoms with E-state index in [4.69, 9.17) is 9.47 Å². The molecule has 0 spiro atoms. The lowest BCUT2D eigenvalue weighted by atomic mass is 10.1. The van der Waals surface area contributed by atoms with Gasteiger partial charge in [0.2, 0.25) is 0 Å². The van der Waals surface area contributed by atoms with E-state index in [0.717, 1.165) is 29.0 Å². The maximum Gasteiger partial charge on any atom is 0.261 e. The van der Waals surface area contributed by atoms with Crippen LogP contribution in [0.4, 0.5) is 0 Å². The van der Waals surface area contributed by atoms with E-state index < -0.39 is 0 Å². The van der Waals surface area contributed by atoms with Crippen LogP contribution in [0.2, 0.25) is 0 Å². The topological polar surface area (TPSA) is 64.6 Å². The van der Waals surface area contributed by atoms with E-state index in [1.165, 1.54) is 18.3 Å². The summed E-state index contributed by atoms with van der Waals surface area (Å²) in [4.78, 5) is 24.8. The third-order valence-corrected chi connectivity index (χ3v) is 5.18. The molecular weight excluding hydrogens is 338 g/mol. The SMILES string of the molecule is CCOc1cc2c(cc1CNC(=O)c1ccc(C(C)=O)s1)O[C@H](C)C2. The fourth-order valence-electron chi connectivity index (χ4n) is 2.82. The van der Waals surface area contributed by atoms with E-state index in [1.807, 2.05) is 26.0 Å². The summed E-state index contributed by atoms with van der Waals surface area (Å²) in [7, 11) is 0. The molecule has 1 amide bonds. The summed E-state index contributed by atoms with van der Waals surface area (Å²) in [5, 5.41) is 2.89. The Balaban J connectivity index is 1.74. The number of nitrogens with one attached hydrogen (secondary N) is 1. The maximum atomic E-state index is 12.3. The van der Waals surface area contributed by atoms with Crippen molar-refractivity contribution in [3.63, 3.8) is 0 Å². The molecule has 2 heterocycles. The van der Waals surface area contributed by atoms with Crippen molar-refractivity contribution in [2.45, 2.75) is 39.8 Å². The highest BCUT2D eigenvalue weighted by molar-refractivity contribution is 7.15. The second kappa shape index (κ2) is 7.27. The second-order valence-electron chi connectivity index (χ2n) is 6.04. The zero-order valence-corrected chi connectivity index (χ0v) is 15.4. The highest BCUT2D eigenvalue weighted by atomic mass is 32.1. The number of rotatable bonds is 6. The molecule has 0 unspecified atom stereocenters. The van der Waals surface area contributed by atoms with E-state index in [-0.39, 0.29) is 17.8 Å². The molecule has 1 aromatic carbocycles. The fourth-order valence-corrected chi connectivity index (χ4v) is 3.64. The molecule has 3 rings (SSSR count). The van der Waals surface area contributed by atoms with Crippen LogP contribution in [-0.2, 0) is 13.0 Å². The number of ketones is 1. The predicted molar refractivity (Wildman–Crippen MR) is 96.9 cm³/mol. The number of Topliss-reactive ketones (excluding diaryl/α,β-unsaturated/α-hetero) is 1. The van der Waals surface area contributed by atoms with Crippen LogP contribution in [0.15, 0.2) is 24.3 Å². The first-order valence-corrected chi connectivity index (χ1v) is 9.13. The van der Waals surface area contributed by atoms with Crippen LogP contribution >= 0.6 is 11.3 Å². The average molecular weight is 359 g/mol. The zero-order chi connectivity index (χ0) is 18.0. The van der Waals surface area contributed by atoms with Crippen molar-refractivity contribution in [1.29, 1.82) is 0 Å². The van der Waals surface area contributed by atoms with Crippen molar-refractivity contribution >= 4 is 23.0 Å². The van der Waals surface area contributed by atoms with Gasteiger partial charge in [0.1, 0.15) is 17.6 Å². The third-order valence-electron chi connectivity index (χ3n) is 4.00. The Bertz CT molecular complexity index is 812. The van der Waals surface area contributed by atoms with Gasteiger partial charge in [-0.1, -0.05) is 0 Å². The van der Waals surface area contributed by atoms with Gasteiger partial charge in [-0.3, -0.25) is 9.59 Å². The Hall–Kier alpha value is -2.34. The summed E-state index contributed by atoms with van der Waals surface area (Å²) >= 11 is 1.20. The molecule has 0 fully saturated rings. The van der Waals surface area contributed by atoms with Gasteiger partial charge in [-0.2, -0.15) is 0 Å². The van der Waals surface area contributed by atoms with E-state index in [9.17, 15) is 9.59 Å². The quantitative estimate of drug-likeness (QED) is 0.801. The molecule has 0 bridgehead atoms. The zero-order valence-electron chi connectivity index (χ0n) is 14.5. The lowest BCUT2D eigenvalue weighted by Gasteiger charge is -2.13. The molecule has 1 atom stereocenters. The summed E-state index contributed by atoms with van der Waals surface area (Å²) in [5.41, 5.74) is 2.02. The minimum absolute atomic E-state index is 0.0347. The first-order valence-electron chi connectivity index (χ1n) is 8.32.